The number of carbonyl (C=O) groups is 1. The smallest absolute Gasteiger partial charge is 0.251 e. The maximum atomic E-state index is 12.7. The van der Waals surface area contributed by atoms with E-state index in [9.17, 15) is 13.2 Å². The maximum absolute atomic E-state index is 12.7. The summed E-state index contributed by atoms with van der Waals surface area (Å²) in [5.74, 6) is -0.211. The first-order valence-corrected chi connectivity index (χ1v) is 11.4. The first kappa shape index (κ1) is 20.4. The average molecular weight is 402 g/mol. The Labute approximate surface area is 167 Å². The molecule has 1 unspecified atom stereocenters. The number of nitrogens with one attached hydrogen (secondary N) is 2. The third-order valence-electron chi connectivity index (χ3n) is 5.02. The van der Waals surface area contributed by atoms with Crippen LogP contribution in [0.25, 0.3) is 0 Å². The molecule has 7 heteroatoms. The lowest BCUT2D eigenvalue weighted by Crippen LogP contribution is -2.36. The second kappa shape index (κ2) is 8.75. The van der Waals surface area contributed by atoms with Crippen LogP contribution >= 0.6 is 0 Å². The molecule has 28 heavy (non-hydrogen) atoms. The Morgan fingerprint density at radius 3 is 2.43 bits per heavy atom. The normalized spacial score (nSPS) is 15.9. The van der Waals surface area contributed by atoms with Crippen molar-refractivity contribution in [2.75, 3.05) is 30.6 Å². The molecule has 0 spiro atoms. The van der Waals surface area contributed by atoms with Gasteiger partial charge in [-0.3, -0.25) is 14.4 Å². The van der Waals surface area contributed by atoms with Crippen LogP contribution in [0.3, 0.4) is 0 Å². The molecule has 0 bridgehead atoms. The minimum absolute atomic E-state index is 0.131. The number of rotatable bonds is 7. The quantitative estimate of drug-likeness (QED) is 0.748. The minimum atomic E-state index is -3.40. The monoisotopic (exact) mass is 401 g/mol. The van der Waals surface area contributed by atoms with E-state index in [-0.39, 0.29) is 11.9 Å². The molecule has 1 fully saturated rings. The van der Waals surface area contributed by atoms with E-state index in [0.29, 0.717) is 17.8 Å². The van der Waals surface area contributed by atoms with Crippen molar-refractivity contribution >= 4 is 21.6 Å². The molecule has 0 aromatic heterocycles. The zero-order valence-electron chi connectivity index (χ0n) is 16.3. The number of hydrogen-bond donors (Lipinski definition) is 2. The van der Waals surface area contributed by atoms with E-state index >= 15 is 0 Å². The van der Waals surface area contributed by atoms with Crippen molar-refractivity contribution in [3.05, 3.63) is 65.2 Å². The van der Waals surface area contributed by atoms with E-state index < -0.39 is 10.0 Å². The van der Waals surface area contributed by atoms with Crippen molar-refractivity contribution in [3.8, 4) is 0 Å². The highest BCUT2D eigenvalue weighted by Crippen LogP contribution is 2.25. The van der Waals surface area contributed by atoms with Gasteiger partial charge in [-0.1, -0.05) is 36.4 Å². The van der Waals surface area contributed by atoms with E-state index in [4.69, 9.17) is 0 Å². The number of nitrogens with zero attached hydrogens (tertiary/aromatic N) is 1. The lowest BCUT2D eigenvalue weighted by atomic mass is 10.0. The molecule has 0 radical (unpaired) electrons. The second-order valence-corrected chi connectivity index (χ2v) is 9.03. The molecule has 0 saturated carbocycles. The van der Waals surface area contributed by atoms with E-state index in [1.54, 1.807) is 25.1 Å². The summed E-state index contributed by atoms with van der Waals surface area (Å²) in [4.78, 5) is 15.1. The summed E-state index contributed by atoms with van der Waals surface area (Å²) in [6.45, 7) is 4.37. The number of benzene rings is 2. The van der Waals surface area contributed by atoms with Gasteiger partial charge in [-0.2, -0.15) is 0 Å². The van der Waals surface area contributed by atoms with Crippen molar-refractivity contribution in [3.63, 3.8) is 0 Å². The zero-order valence-corrected chi connectivity index (χ0v) is 17.1. The number of anilines is 1. The average Bonchev–Trinajstić information content (AvgIpc) is 3.18. The number of hydrogen-bond acceptors (Lipinski definition) is 4. The topological polar surface area (TPSA) is 78.5 Å². The number of sulfonamides is 1. The Balaban J connectivity index is 1.73. The minimum Gasteiger partial charge on any atom is -0.350 e. The van der Waals surface area contributed by atoms with Gasteiger partial charge >= 0.3 is 0 Å². The first-order valence-electron chi connectivity index (χ1n) is 9.49. The molecule has 3 rings (SSSR count). The van der Waals surface area contributed by atoms with Gasteiger partial charge in [0, 0.05) is 12.1 Å². The molecule has 2 aromatic carbocycles. The number of amides is 1. The van der Waals surface area contributed by atoms with Gasteiger partial charge in [-0.15, -0.1) is 0 Å². The van der Waals surface area contributed by atoms with Crippen molar-refractivity contribution in [1.29, 1.82) is 0 Å². The summed E-state index contributed by atoms with van der Waals surface area (Å²) >= 11 is 0. The molecule has 2 aromatic rings. The molecule has 1 saturated heterocycles. The molecule has 1 heterocycles. The first-order chi connectivity index (χ1) is 13.3. The Hall–Kier alpha value is -2.38. The molecular formula is C21H27N3O3S. The molecule has 1 amide bonds. The SMILES string of the molecule is Cc1ccc(C(=O)NCC(c2ccccc2)N2CCCC2)cc1NS(C)(=O)=O. The summed E-state index contributed by atoms with van der Waals surface area (Å²) in [7, 11) is -3.40. The fourth-order valence-electron chi connectivity index (χ4n) is 3.55. The van der Waals surface area contributed by atoms with Crippen LogP contribution in [0.5, 0.6) is 0 Å². The Bertz CT molecular complexity index is 923. The summed E-state index contributed by atoms with van der Waals surface area (Å²) < 4.78 is 25.5. The van der Waals surface area contributed by atoms with Crippen molar-refractivity contribution in [2.45, 2.75) is 25.8 Å². The third kappa shape index (κ3) is 5.33. The van der Waals surface area contributed by atoms with Gasteiger partial charge in [0.1, 0.15) is 0 Å². The molecular weight excluding hydrogens is 374 g/mol. The Kier molecular flexibility index (Phi) is 6.36. The highest BCUT2D eigenvalue weighted by molar-refractivity contribution is 7.92. The van der Waals surface area contributed by atoms with E-state index in [1.807, 2.05) is 18.2 Å². The fraction of sp³-hybridized carbons (Fsp3) is 0.381. The van der Waals surface area contributed by atoms with Gasteiger partial charge in [-0.25, -0.2) is 8.42 Å². The van der Waals surface area contributed by atoms with E-state index in [0.717, 1.165) is 24.9 Å². The summed E-state index contributed by atoms with van der Waals surface area (Å²) in [5, 5.41) is 3.03. The largest absolute Gasteiger partial charge is 0.350 e. The van der Waals surface area contributed by atoms with Crippen LogP contribution in [0.1, 0.15) is 40.4 Å². The molecule has 1 aliphatic rings. The maximum Gasteiger partial charge on any atom is 0.251 e. The number of carbonyl (C=O) groups excluding carboxylic acids is 1. The molecule has 1 aliphatic heterocycles. The van der Waals surface area contributed by atoms with Gasteiger partial charge in [0.25, 0.3) is 5.91 Å². The predicted molar refractivity (Wildman–Crippen MR) is 112 cm³/mol. The lowest BCUT2D eigenvalue weighted by Gasteiger charge is -2.28. The van der Waals surface area contributed by atoms with Gasteiger partial charge < -0.3 is 5.32 Å². The van der Waals surface area contributed by atoms with Crippen molar-refractivity contribution in [2.24, 2.45) is 0 Å². The number of aryl methyl sites for hydroxylation is 1. The van der Waals surface area contributed by atoms with Crippen molar-refractivity contribution < 1.29 is 13.2 Å². The van der Waals surface area contributed by atoms with E-state index in [1.165, 1.54) is 18.4 Å². The van der Waals surface area contributed by atoms with Gasteiger partial charge in [-0.05, 0) is 56.1 Å². The van der Waals surface area contributed by atoms with Crippen LogP contribution in [-0.2, 0) is 10.0 Å². The van der Waals surface area contributed by atoms with Crippen LogP contribution in [0, 0.1) is 6.92 Å². The third-order valence-corrected chi connectivity index (χ3v) is 5.61. The van der Waals surface area contributed by atoms with Crippen LogP contribution in [0.15, 0.2) is 48.5 Å². The molecule has 150 valence electrons. The zero-order chi connectivity index (χ0) is 20.1. The second-order valence-electron chi connectivity index (χ2n) is 7.28. The summed E-state index contributed by atoms with van der Waals surface area (Å²) in [5.41, 5.74) is 2.81. The van der Waals surface area contributed by atoms with Gasteiger partial charge in [0.2, 0.25) is 10.0 Å². The Morgan fingerprint density at radius 2 is 1.79 bits per heavy atom. The molecule has 0 aliphatic carbocycles. The van der Waals surface area contributed by atoms with Crippen LogP contribution in [-0.4, -0.2) is 45.1 Å². The fourth-order valence-corrected chi connectivity index (χ4v) is 4.17. The molecule has 2 N–H and O–H groups in total. The van der Waals surface area contributed by atoms with Crippen molar-refractivity contribution in [1.82, 2.24) is 10.2 Å². The molecule has 1 atom stereocenters. The Morgan fingerprint density at radius 1 is 1.11 bits per heavy atom. The highest BCUT2D eigenvalue weighted by atomic mass is 32.2. The van der Waals surface area contributed by atoms with Crippen LogP contribution in [0.4, 0.5) is 5.69 Å². The standard InChI is InChI=1S/C21H27N3O3S/c1-16-10-11-18(14-19(16)23-28(2,26)27)21(25)22-15-20(24-12-6-7-13-24)17-8-4-3-5-9-17/h3-5,8-11,14,20,23H,6-7,12-13,15H2,1-2H3,(H,22,25). The van der Waals surface area contributed by atoms with Gasteiger partial charge in [0.05, 0.1) is 18.0 Å². The van der Waals surface area contributed by atoms with E-state index in [2.05, 4.69) is 27.1 Å². The van der Waals surface area contributed by atoms with Gasteiger partial charge in [0.15, 0.2) is 0 Å². The number of likely N-dealkylation sites (tertiary alicyclic amines) is 1. The highest BCUT2D eigenvalue weighted by Gasteiger charge is 2.24. The lowest BCUT2D eigenvalue weighted by molar-refractivity contribution is 0.0938. The summed E-state index contributed by atoms with van der Waals surface area (Å²) in [6, 6.07) is 15.4. The molecule has 6 nitrogen and oxygen atoms in total. The van der Waals surface area contributed by atoms with Crippen LogP contribution in [0.2, 0.25) is 0 Å². The summed E-state index contributed by atoms with van der Waals surface area (Å²) in [6.07, 6.45) is 3.45. The van der Waals surface area contributed by atoms with Crippen LogP contribution < -0.4 is 10.0 Å². The predicted octanol–water partition coefficient (Wildman–Crippen LogP) is 2.93.